The number of rotatable bonds is 27. The summed E-state index contributed by atoms with van der Waals surface area (Å²) in [6.07, 6.45) is -12.5. The number of nitrogens with two attached hydrogens (primary N) is 1. The maximum Gasteiger partial charge on any atom is 0.397 e. The number of carboxylic acid groups (broad SMARTS) is 2. The highest BCUT2D eigenvalue weighted by atomic mass is 32.3. The Morgan fingerprint density at radius 1 is 0.871 bits per heavy atom. The number of carbonyl (C=O) groups is 5. The van der Waals surface area contributed by atoms with Gasteiger partial charge in [0, 0.05) is 45.2 Å². The summed E-state index contributed by atoms with van der Waals surface area (Å²) in [5, 5.41) is 53.4. The average molecular weight is 1020 g/mol. The lowest BCUT2D eigenvalue weighted by atomic mass is 9.97. The summed E-state index contributed by atoms with van der Waals surface area (Å²) < 4.78 is 68.0. The molecule has 3 aliphatic heterocycles. The SMILES string of the molecule is CC(C)CCCCCCCCC[C@@H](CC(=O)O[C@H]1CN(C)[C@H]([C@H](O[C@@H]2O[C@H](CN)[C@@H](O)[C@H]2OS(=O)(=O)O)[C@H]2O[C@@H](n3ccc(=O)[nH]c3=O)[C@H](O)[C@@H]2O)C(=O)N(C)[C@@H]1C(=O)O)OC(=O)C[C@H](C)CC(=O)O. The molecular weight excluding hydrogens is 955 g/mol. The molecule has 398 valence electrons. The van der Waals surface area contributed by atoms with E-state index in [0.29, 0.717) is 21.8 Å². The third kappa shape index (κ3) is 16.3. The number of ether oxygens (including phenoxy) is 5. The number of likely N-dealkylation sites (N-methyl/N-ethyl adjacent to an activating group) is 2. The molecule has 1 aromatic rings. The number of aliphatic carboxylic acids is 2. The Morgan fingerprint density at radius 3 is 2.07 bits per heavy atom. The standard InChI is InChI=1S/C43H69N5O21S/c1-22(2)13-11-9-7-6-8-10-12-14-24(64-29(52)18-23(3)17-28(50)51)19-30(53)65-26-21-46(4)32(39(57)47(5)31(26)41(58)59)36(68-42-38(69-70(61,62)63)33(54)25(20-44)66-42)37-34(55)35(56)40(67-37)48-16-15-27(49)45-43(48)60/h15-16,22-26,31-38,40,42,54-56H,6-14,17-21,44H2,1-5H3,(H,50,51)(H,58,59)(H,45,49,60)(H,61,62,63)/t23-,24+,25-,26+,31+,32-,33-,34+,35-,36+,37+,38-,40-,42+/m1/s1. The molecule has 0 aromatic carbocycles. The van der Waals surface area contributed by atoms with Crippen molar-refractivity contribution in [3.8, 4) is 0 Å². The van der Waals surface area contributed by atoms with Crippen molar-refractivity contribution >= 4 is 40.2 Å². The quantitative estimate of drug-likeness (QED) is 0.0294. The number of esters is 2. The van der Waals surface area contributed by atoms with Crippen LogP contribution in [0, 0.1) is 11.8 Å². The monoisotopic (exact) mass is 1020 g/mol. The molecule has 9 N–H and O–H groups in total. The van der Waals surface area contributed by atoms with Gasteiger partial charge in [0.05, 0.1) is 6.42 Å². The van der Waals surface area contributed by atoms with Crippen molar-refractivity contribution < 1.29 is 90.3 Å². The first-order valence-corrected chi connectivity index (χ1v) is 24.7. The number of H-pyrrole nitrogens is 1. The van der Waals surface area contributed by atoms with Crippen LogP contribution in [-0.2, 0) is 62.2 Å². The van der Waals surface area contributed by atoms with E-state index in [0.717, 1.165) is 69.2 Å². The van der Waals surface area contributed by atoms with Crippen LogP contribution < -0.4 is 17.0 Å². The molecule has 0 aliphatic carbocycles. The lowest BCUT2D eigenvalue weighted by molar-refractivity contribution is -0.230. The van der Waals surface area contributed by atoms with E-state index in [4.69, 9.17) is 29.4 Å². The van der Waals surface area contributed by atoms with E-state index in [-0.39, 0.29) is 19.3 Å². The van der Waals surface area contributed by atoms with Gasteiger partial charge in [-0.1, -0.05) is 65.7 Å². The first-order valence-electron chi connectivity index (χ1n) is 23.3. The Hall–Kier alpha value is -4.42. The highest BCUT2D eigenvalue weighted by Gasteiger charge is 2.58. The number of nitrogens with one attached hydrogen (secondary N) is 1. The fraction of sp³-hybridized carbons (Fsp3) is 0.791. The van der Waals surface area contributed by atoms with E-state index < -0.39 is 156 Å². The fourth-order valence-electron chi connectivity index (χ4n) is 8.95. The van der Waals surface area contributed by atoms with Gasteiger partial charge in [-0.3, -0.25) is 43.0 Å². The van der Waals surface area contributed by atoms with Crippen LogP contribution in [0.2, 0.25) is 0 Å². The number of aliphatic hydroxyl groups is 3. The summed E-state index contributed by atoms with van der Waals surface area (Å²) in [4.78, 5) is 94.2. The smallest absolute Gasteiger partial charge is 0.397 e. The zero-order valence-electron chi connectivity index (χ0n) is 39.8. The van der Waals surface area contributed by atoms with Crippen LogP contribution in [0.3, 0.4) is 0 Å². The van der Waals surface area contributed by atoms with Gasteiger partial charge in [0.2, 0.25) is 5.91 Å². The summed E-state index contributed by atoms with van der Waals surface area (Å²) in [7, 11) is -3.06. The van der Waals surface area contributed by atoms with Crippen LogP contribution >= 0.6 is 0 Å². The first kappa shape index (κ1) is 58.2. The number of hydrogen-bond acceptors (Lipinski definition) is 20. The number of aromatic nitrogens is 2. The molecule has 70 heavy (non-hydrogen) atoms. The second kappa shape index (κ2) is 26.3. The summed E-state index contributed by atoms with van der Waals surface area (Å²) in [5.41, 5.74) is 3.79. The minimum Gasteiger partial charge on any atom is -0.481 e. The van der Waals surface area contributed by atoms with Crippen molar-refractivity contribution in [2.45, 2.75) is 177 Å². The van der Waals surface area contributed by atoms with Gasteiger partial charge in [-0.2, -0.15) is 8.42 Å². The van der Waals surface area contributed by atoms with Crippen LogP contribution in [0.1, 0.15) is 104 Å². The third-order valence-corrected chi connectivity index (χ3v) is 12.9. The molecule has 1 amide bonds. The minimum atomic E-state index is -5.37. The van der Waals surface area contributed by atoms with Crippen LogP contribution in [0.25, 0.3) is 0 Å². The van der Waals surface area contributed by atoms with Crippen molar-refractivity contribution in [1.82, 2.24) is 19.4 Å². The maximum absolute atomic E-state index is 14.7. The molecule has 4 rings (SSSR count). The fourth-order valence-corrected chi connectivity index (χ4v) is 9.44. The van der Waals surface area contributed by atoms with E-state index in [1.54, 1.807) is 6.92 Å². The third-order valence-electron chi connectivity index (χ3n) is 12.5. The molecule has 0 unspecified atom stereocenters. The number of unbranched alkanes of at least 4 members (excludes halogenated alkanes) is 6. The molecule has 0 bridgehead atoms. The topological polar surface area (TPSA) is 384 Å². The van der Waals surface area contributed by atoms with Gasteiger partial charge in [-0.15, -0.1) is 0 Å². The van der Waals surface area contributed by atoms with Crippen LogP contribution in [0.5, 0.6) is 0 Å². The van der Waals surface area contributed by atoms with E-state index in [2.05, 4.69) is 18.0 Å². The molecule has 14 atom stereocenters. The summed E-state index contributed by atoms with van der Waals surface area (Å²) in [5.74, 6) is -5.64. The molecule has 4 heterocycles. The summed E-state index contributed by atoms with van der Waals surface area (Å²) in [6.45, 7) is 4.82. The van der Waals surface area contributed by atoms with Crippen LogP contribution in [-0.4, -0.2) is 188 Å². The number of amides is 1. The molecule has 0 saturated carbocycles. The van der Waals surface area contributed by atoms with Crippen molar-refractivity contribution in [2.24, 2.45) is 17.6 Å². The molecular formula is C43H69N5O21S. The largest absolute Gasteiger partial charge is 0.481 e. The Morgan fingerprint density at radius 2 is 1.50 bits per heavy atom. The molecule has 3 saturated heterocycles. The number of carboxylic acids is 2. The van der Waals surface area contributed by atoms with E-state index in [1.165, 1.54) is 7.05 Å². The lowest BCUT2D eigenvalue weighted by Gasteiger charge is -2.38. The minimum absolute atomic E-state index is 0.209. The van der Waals surface area contributed by atoms with Crippen LogP contribution in [0.4, 0.5) is 0 Å². The number of hydrogen-bond donors (Lipinski definition) is 8. The highest BCUT2D eigenvalue weighted by molar-refractivity contribution is 7.80. The van der Waals surface area contributed by atoms with Crippen molar-refractivity contribution in [3.63, 3.8) is 0 Å². The summed E-state index contributed by atoms with van der Waals surface area (Å²) in [6, 6.07) is -2.88. The zero-order chi connectivity index (χ0) is 52.2. The Kier molecular flexibility index (Phi) is 21.9. The Bertz CT molecular complexity index is 2160. The zero-order valence-corrected chi connectivity index (χ0v) is 40.7. The number of aromatic amines is 1. The maximum atomic E-state index is 14.7. The van der Waals surface area contributed by atoms with Crippen LogP contribution in [0.15, 0.2) is 21.9 Å². The normalized spacial score (nSPS) is 28.9. The van der Waals surface area contributed by atoms with Gasteiger partial charge in [0.15, 0.2) is 24.7 Å². The van der Waals surface area contributed by atoms with Gasteiger partial charge in [-0.25, -0.2) is 13.8 Å². The molecule has 3 fully saturated rings. The van der Waals surface area contributed by atoms with Crippen molar-refractivity contribution in [3.05, 3.63) is 33.1 Å². The summed E-state index contributed by atoms with van der Waals surface area (Å²) >= 11 is 0. The molecule has 0 radical (unpaired) electrons. The lowest BCUT2D eigenvalue weighted by Crippen LogP contribution is -2.60. The second-order valence-corrected chi connectivity index (χ2v) is 19.7. The predicted molar refractivity (Wildman–Crippen MR) is 240 cm³/mol. The molecule has 3 aliphatic rings. The number of carbonyl (C=O) groups excluding carboxylic acids is 3. The molecule has 0 spiro atoms. The van der Waals surface area contributed by atoms with Gasteiger partial charge in [0.1, 0.15) is 54.9 Å². The van der Waals surface area contributed by atoms with E-state index in [1.807, 2.05) is 4.98 Å². The van der Waals surface area contributed by atoms with Gasteiger partial charge >= 0.3 is 40.0 Å². The van der Waals surface area contributed by atoms with E-state index in [9.17, 15) is 72.1 Å². The Balaban J connectivity index is 1.64. The van der Waals surface area contributed by atoms with E-state index >= 15 is 0 Å². The molecule has 26 nitrogen and oxygen atoms in total. The number of nitrogens with zero attached hydrogens (tertiary/aromatic N) is 3. The van der Waals surface area contributed by atoms with Gasteiger partial charge in [0.25, 0.3) is 5.56 Å². The second-order valence-electron chi connectivity index (χ2n) is 18.7. The average Bonchev–Trinajstić information content (AvgIpc) is 3.66. The predicted octanol–water partition coefficient (Wildman–Crippen LogP) is -1.12. The van der Waals surface area contributed by atoms with Crippen molar-refractivity contribution in [1.29, 1.82) is 0 Å². The molecule has 27 heteroatoms. The number of aliphatic hydroxyl groups excluding tert-OH is 3. The van der Waals surface area contributed by atoms with Gasteiger partial charge in [-0.05, 0) is 31.7 Å². The molecule has 1 aromatic heterocycles. The van der Waals surface area contributed by atoms with Gasteiger partial charge < -0.3 is 59.9 Å². The Labute approximate surface area is 404 Å². The first-order chi connectivity index (χ1) is 32.8. The highest BCUT2D eigenvalue weighted by Crippen LogP contribution is 2.37. The van der Waals surface area contributed by atoms with Crippen molar-refractivity contribution in [2.75, 3.05) is 27.2 Å².